The standard InChI is InChI=1S/C26H22O.C10H20O5.Na/c1-20-17-18-25(27)24(19-20)26(21-11-5-2-6-12-21,22-13-7-3-8-14-22)23-15-9-4-10-16-23;1-2-12-5-6-14-9-10-15-8-7-13-4-3-11-1;/h2-19,27H,1H3;1-10H2;/q;;+1/p-1. The van der Waals surface area contributed by atoms with E-state index in [-0.39, 0.29) is 35.3 Å². The van der Waals surface area contributed by atoms with E-state index in [9.17, 15) is 5.11 Å². The molecular weight excluding hydrogens is 551 g/mol. The van der Waals surface area contributed by atoms with Gasteiger partial charge in [0.2, 0.25) is 0 Å². The van der Waals surface area contributed by atoms with Crippen LogP contribution in [0.25, 0.3) is 0 Å². The molecule has 1 aliphatic rings. The Hall–Kier alpha value is -2.52. The largest absolute Gasteiger partial charge is 1.00 e. The van der Waals surface area contributed by atoms with Crippen LogP contribution >= 0.6 is 0 Å². The Balaban J connectivity index is 0.000000271. The second kappa shape index (κ2) is 19.7. The molecule has 5 rings (SSSR count). The molecule has 0 bridgehead atoms. The van der Waals surface area contributed by atoms with Crippen molar-refractivity contribution < 1.29 is 58.3 Å². The smallest absolute Gasteiger partial charge is 0.872 e. The van der Waals surface area contributed by atoms with Crippen molar-refractivity contribution in [3.05, 3.63) is 137 Å². The number of benzene rings is 4. The minimum absolute atomic E-state index is 0. The summed E-state index contributed by atoms with van der Waals surface area (Å²) in [5.74, 6) is 0.0529. The molecule has 0 spiro atoms. The number of aryl methyl sites for hydroxylation is 1. The molecule has 0 unspecified atom stereocenters. The molecule has 0 saturated carbocycles. The third kappa shape index (κ3) is 10.3. The summed E-state index contributed by atoms with van der Waals surface area (Å²) >= 11 is 0. The van der Waals surface area contributed by atoms with Crippen LogP contribution < -0.4 is 34.7 Å². The maximum absolute atomic E-state index is 13.1. The van der Waals surface area contributed by atoms with E-state index in [1.807, 2.05) is 73.7 Å². The molecule has 0 amide bonds. The van der Waals surface area contributed by atoms with Crippen molar-refractivity contribution in [1.82, 2.24) is 0 Å². The molecule has 4 aromatic carbocycles. The van der Waals surface area contributed by atoms with E-state index < -0.39 is 5.41 Å². The summed E-state index contributed by atoms with van der Waals surface area (Å²) in [5.41, 5.74) is 4.47. The number of hydrogen-bond acceptors (Lipinski definition) is 6. The SMILES string of the molecule is C1COCCOCCOCCOCCO1.Cc1ccc([O-])c(C(c2ccccc2)(c2ccccc2)c2ccccc2)c1.[Na+]. The molecule has 0 radical (unpaired) electrons. The first-order valence-corrected chi connectivity index (χ1v) is 14.6. The van der Waals surface area contributed by atoms with E-state index in [4.69, 9.17) is 23.7 Å². The fraction of sp³-hybridized carbons (Fsp3) is 0.333. The topological polar surface area (TPSA) is 69.2 Å². The van der Waals surface area contributed by atoms with Crippen LogP contribution in [0, 0.1) is 6.92 Å². The fourth-order valence-corrected chi connectivity index (χ4v) is 5.07. The van der Waals surface area contributed by atoms with E-state index in [0.717, 1.165) is 27.8 Å². The van der Waals surface area contributed by atoms with Gasteiger partial charge in [-0.25, -0.2) is 0 Å². The van der Waals surface area contributed by atoms with Gasteiger partial charge in [-0.3, -0.25) is 0 Å². The predicted molar refractivity (Wildman–Crippen MR) is 163 cm³/mol. The molecule has 4 aromatic rings. The molecule has 1 heterocycles. The van der Waals surface area contributed by atoms with Gasteiger partial charge in [-0.05, 0) is 29.2 Å². The fourth-order valence-electron chi connectivity index (χ4n) is 5.07. The average molecular weight is 593 g/mol. The number of rotatable bonds is 4. The minimum atomic E-state index is -0.660. The maximum atomic E-state index is 13.1. The van der Waals surface area contributed by atoms with Gasteiger partial charge in [0.25, 0.3) is 0 Å². The first-order chi connectivity index (χ1) is 20.7. The second-order valence-electron chi connectivity index (χ2n) is 9.91. The van der Waals surface area contributed by atoms with Crippen molar-refractivity contribution in [3.63, 3.8) is 0 Å². The first kappa shape index (κ1) is 35.0. The summed E-state index contributed by atoms with van der Waals surface area (Å²) in [6.45, 7) is 8.15. The van der Waals surface area contributed by atoms with Crippen LogP contribution in [0.15, 0.2) is 109 Å². The Bertz CT molecular complexity index is 1130. The van der Waals surface area contributed by atoms with Gasteiger partial charge < -0.3 is 28.8 Å². The molecule has 0 aliphatic carbocycles. The zero-order valence-corrected chi connectivity index (χ0v) is 27.4. The van der Waals surface area contributed by atoms with Crippen LogP contribution in [-0.4, -0.2) is 66.1 Å². The Morgan fingerprint density at radius 1 is 0.465 bits per heavy atom. The van der Waals surface area contributed by atoms with Crippen molar-refractivity contribution in [2.75, 3.05) is 66.1 Å². The van der Waals surface area contributed by atoms with Crippen LogP contribution in [0.4, 0.5) is 0 Å². The molecule has 1 saturated heterocycles. The summed E-state index contributed by atoms with van der Waals surface area (Å²) in [6, 6.07) is 36.6. The third-order valence-corrected chi connectivity index (χ3v) is 7.02. The van der Waals surface area contributed by atoms with Gasteiger partial charge in [-0.2, -0.15) is 0 Å². The summed E-state index contributed by atoms with van der Waals surface area (Å²) in [7, 11) is 0. The van der Waals surface area contributed by atoms with Crippen molar-refractivity contribution in [2.45, 2.75) is 12.3 Å². The maximum Gasteiger partial charge on any atom is 1.00 e. The average Bonchev–Trinajstić information content (AvgIpc) is 3.05. The van der Waals surface area contributed by atoms with Crippen LogP contribution in [0.2, 0.25) is 0 Å². The number of hydrogen-bond donors (Lipinski definition) is 0. The molecule has 6 nitrogen and oxygen atoms in total. The van der Waals surface area contributed by atoms with E-state index >= 15 is 0 Å². The normalized spacial score (nSPS) is 15.5. The molecule has 0 aromatic heterocycles. The Morgan fingerprint density at radius 2 is 0.767 bits per heavy atom. The van der Waals surface area contributed by atoms with E-state index in [1.54, 1.807) is 6.07 Å². The zero-order valence-electron chi connectivity index (χ0n) is 25.4. The van der Waals surface area contributed by atoms with Crippen LogP contribution in [0.3, 0.4) is 0 Å². The molecular formula is C36H41NaO6. The Labute approximate surface area is 278 Å². The van der Waals surface area contributed by atoms with Crippen molar-refractivity contribution in [1.29, 1.82) is 0 Å². The molecule has 0 atom stereocenters. The second-order valence-corrected chi connectivity index (χ2v) is 9.91. The molecule has 0 N–H and O–H groups in total. The van der Waals surface area contributed by atoms with E-state index in [0.29, 0.717) is 66.1 Å². The molecule has 1 fully saturated rings. The van der Waals surface area contributed by atoms with Gasteiger partial charge in [-0.1, -0.05) is 115 Å². The van der Waals surface area contributed by atoms with Crippen LogP contribution in [0.1, 0.15) is 27.8 Å². The van der Waals surface area contributed by atoms with Gasteiger partial charge in [0.05, 0.1) is 71.5 Å². The zero-order chi connectivity index (χ0) is 29.3. The van der Waals surface area contributed by atoms with Crippen molar-refractivity contribution in [2.24, 2.45) is 0 Å². The Morgan fingerprint density at radius 3 is 1.07 bits per heavy atom. The van der Waals surface area contributed by atoms with Gasteiger partial charge in [0, 0.05) is 0 Å². The predicted octanol–water partition coefficient (Wildman–Crippen LogP) is 2.54. The van der Waals surface area contributed by atoms with Gasteiger partial charge in [0.15, 0.2) is 0 Å². The minimum Gasteiger partial charge on any atom is -0.872 e. The van der Waals surface area contributed by atoms with Gasteiger partial charge >= 0.3 is 29.6 Å². The van der Waals surface area contributed by atoms with Crippen molar-refractivity contribution >= 4 is 0 Å². The van der Waals surface area contributed by atoms with Crippen LogP contribution in [0.5, 0.6) is 5.75 Å². The molecule has 222 valence electrons. The van der Waals surface area contributed by atoms with Gasteiger partial charge in [-0.15, -0.1) is 5.75 Å². The third-order valence-electron chi connectivity index (χ3n) is 7.02. The van der Waals surface area contributed by atoms with E-state index in [2.05, 4.69) is 36.4 Å². The molecule has 7 heteroatoms. The Kier molecular flexibility index (Phi) is 16.0. The van der Waals surface area contributed by atoms with E-state index in [1.165, 1.54) is 0 Å². The summed E-state index contributed by atoms with van der Waals surface area (Å²) in [6.07, 6.45) is 0. The number of ether oxygens (including phenoxy) is 5. The quantitative estimate of drug-likeness (QED) is 0.268. The first-order valence-electron chi connectivity index (χ1n) is 14.6. The van der Waals surface area contributed by atoms with Gasteiger partial charge in [0.1, 0.15) is 0 Å². The summed E-state index contributed by atoms with van der Waals surface area (Å²) < 4.78 is 26.4. The summed E-state index contributed by atoms with van der Waals surface area (Å²) in [5, 5.41) is 13.1. The molecule has 1 aliphatic heterocycles. The summed E-state index contributed by atoms with van der Waals surface area (Å²) in [4.78, 5) is 0. The molecule has 43 heavy (non-hydrogen) atoms. The monoisotopic (exact) mass is 592 g/mol. The van der Waals surface area contributed by atoms with Crippen molar-refractivity contribution in [3.8, 4) is 5.75 Å². The van der Waals surface area contributed by atoms with Crippen LogP contribution in [-0.2, 0) is 29.1 Å².